The molecule has 2 heterocycles. The van der Waals surface area contributed by atoms with Crippen LogP contribution >= 0.6 is 0 Å². The second-order valence-electron chi connectivity index (χ2n) is 5.61. The molecule has 1 aliphatic heterocycles. The lowest BCUT2D eigenvalue weighted by Crippen LogP contribution is -2.51. The lowest BCUT2D eigenvalue weighted by molar-refractivity contribution is -0.386. The fourth-order valence-corrected chi connectivity index (χ4v) is 2.84. The Morgan fingerprint density at radius 2 is 2.08 bits per heavy atom. The first-order valence-corrected chi connectivity index (χ1v) is 7.96. The van der Waals surface area contributed by atoms with Crippen LogP contribution in [0.4, 0.5) is 10.5 Å². The minimum atomic E-state index is -0.534. The van der Waals surface area contributed by atoms with E-state index in [1.165, 1.54) is 11.6 Å². The molecule has 1 atom stereocenters. The molecule has 25 heavy (non-hydrogen) atoms. The van der Waals surface area contributed by atoms with Crippen LogP contribution in [-0.2, 0) is 16.1 Å². The summed E-state index contributed by atoms with van der Waals surface area (Å²) in [5.74, 6) is -0.534. The van der Waals surface area contributed by atoms with Crippen molar-refractivity contribution in [1.82, 2.24) is 20.4 Å². The van der Waals surface area contributed by atoms with Gasteiger partial charge in [0.05, 0.1) is 35.4 Å². The summed E-state index contributed by atoms with van der Waals surface area (Å²) in [5, 5.41) is 20.6. The number of aromatic nitrogens is 2. The highest BCUT2D eigenvalue weighted by molar-refractivity contribution is 5.94. The third kappa shape index (κ3) is 3.62. The molecule has 1 aromatic heterocycles. The second kappa shape index (κ2) is 7.32. The normalized spacial score (nSPS) is 17.1. The van der Waals surface area contributed by atoms with Crippen LogP contribution in [0.5, 0.6) is 0 Å². The average Bonchev–Trinajstić information content (AvgIpc) is 2.80. The van der Waals surface area contributed by atoms with E-state index in [2.05, 4.69) is 15.7 Å². The lowest BCUT2D eigenvalue weighted by Gasteiger charge is -2.28. The first-order valence-electron chi connectivity index (χ1n) is 7.96. The van der Waals surface area contributed by atoms with Crippen molar-refractivity contribution in [2.45, 2.75) is 46.7 Å². The fraction of sp³-hybridized carbons (Fsp3) is 0.533. The summed E-state index contributed by atoms with van der Waals surface area (Å²) in [6.45, 7) is 6.87. The maximum Gasteiger partial charge on any atom is 0.337 e. The summed E-state index contributed by atoms with van der Waals surface area (Å²) in [4.78, 5) is 34.9. The maximum atomic E-state index is 12.3. The molecule has 0 aromatic carbocycles. The van der Waals surface area contributed by atoms with Gasteiger partial charge in [0.2, 0.25) is 0 Å². The fourth-order valence-electron chi connectivity index (χ4n) is 2.84. The zero-order valence-electron chi connectivity index (χ0n) is 14.6. The van der Waals surface area contributed by atoms with Crippen LogP contribution in [0.25, 0.3) is 0 Å². The van der Waals surface area contributed by atoms with Gasteiger partial charge in [-0.25, -0.2) is 9.59 Å². The number of carbonyl (C=O) groups excluding carboxylic acids is 2. The largest absolute Gasteiger partial charge is 0.463 e. The predicted octanol–water partition coefficient (Wildman–Crippen LogP) is 1.32. The third-order valence-corrected chi connectivity index (χ3v) is 3.98. The highest BCUT2D eigenvalue weighted by Gasteiger charge is 2.32. The Labute approximate surface area is 144 Å². The molecule has 0 saturated heterocycles. The third-order valence-electron chi connectivity index (χ3n) is 3.98. The summed E-state index contributed by atoms with van der Waals surface area (Å²) >= 11 is 0. The Morgan fingerprint density at radius 1 is 1.40 bits per heavy atom. The van der Waals surface area contributed by atoms with E-state index in [1.54, 1.807) is 13.8 Å². The average molecular weight is 351 g/mol. The number of hydrogen-bond donors (Lipinski definition) is 2. The first-order chi connectivity index (χ1) is 11.8. The molecule has 2 rings (SSSR count). The molecule has 2 amide bonds. The molecule has 1 aliphatic rings. The number of nitrogens with zero attached hydrogens (tertiary/aromatic N) is 3. The molecular weight excluding hydrogens is 330 g/mol. The Balaban J connectivity index is 2.48. The van der Waals surface area contributed by atoms with Crippen LogP contribution in [0.1, 0.15) is 31.7 Å². The van der Waals surface area contributed by atoms with Crippen molar-refractivity contribution in [3.63, 3.8) is 0 Å². The minimum absolute atomic E-state index is 0.0264. The SMILES string of the molecule is CCOC(=O)C1=C(Cn2nc(C)c([N+](=O)[O-])c2C)NC(=O)N[C@H]1CC. The molecule has 0 saturated carbocycles. The topological polar surface area (TPSA) is 128 Å². The monoisotopic (exact) mass is 351 g/mol. The highest BCUT2D eigenvalue weighted by atomic mass is 16.6. The maximum absolute atomic E-state index is 12.3. The van der Waals surface area contributed by atoms with Crippen LogP contribution in [0.2, 0.25) is 0 Å². The van der Waals surface area contributed by atoms with E-state index in [0.29, 0.717) is 23.4 Å². The van der Waals surface area contributed by atoms with Crippen molar-refractivity contribution in [2.75, 3.05) is 6.61 Å². The van der Waals surface area contributed by atoms with Gasteiger partial charge < -0.3 is 15.4 Å². The summed E-state index contributed by atoms with van der Waals surface area (Å²) in [6, 6.07) is -0.930. The Kier molecular flexibility index (Phi) is 5.40. The van der Waals surface area contributed by atoms with E-state index in [9.17, 15) is 19.7 Å². The van der Waals surface area contributed by atoms with Gasteiger partial charge in [0.15, 0.2) is 0 Å². The van der Waals surface area contributed by atoms with Crippen LogP contribution in [-0.4, -0.2) is 39.4 Å². The molecule has 0 radical (unpaired) electrons. The molecule has 0 aliphatic carbocycles. The van der Waals surface area contributed by atoms with Gasteiger partial charge in [0.1, 0.15) is 11.4 Å². The van der Waals surface area contributed by atoms with E-state index < -0.39 is 23.0 Å². The molecule has 0 spiro atoms. The van der Waals surface area contributed by atoms with Crippen LogP contribution in [0, 0.1) is 24.0 Å². The summed E-state index contributed by atoms with van der Waals surface area (Å²) < 4.78 is 6.49. The number of esters is 1. The summed E-state index contributed by atoms with van der Waals surface area (Å²) in [5.41, 5.74) is 1.17. The number of rotatable bonds is 6. The van der Waals surface area contributed by atoms with Crippen LogP contribution < -0.4 is 10.6 Å². The van der Waals surface area contributed by atoms with Crippen molar-refractivity contribution < 1.29 is 19.2 Å². The van der Waals surface area contributed by atoms with Gasteiger partial charge >= 0.3 is 17.7 Å². The van der Waals surface area contributed by atoms with Crippen LogP contribution in [0.15, 0.2) is 11.3 Å². The zero-order valence-corrected chi connectivity index (χ0v) is 14.6. The van der Waals surface area contributed by atoms with Gasteiger partial charge in [-0.05, 0) is 27.2 Å². The zero-order chi connectivity index (χ0) is 18.7. The number of carbonyl (C=O) groups is 2. The van der Waals surface area contributed by atoms with E-state index in [-0.39, 0.29) is 24.5 Å². The van der Waals surface area contributed by atoms with Gasteiger partial charge in [0, 0.05) is 0 Å². The minimum Gasteiger partial charge on any atom is -0.463 e. The van der Waals surface area contributed by atoms with Crippen molar-refractivity contribution in [1.29, 1.82) is 0 Å². The summed E-state index contributed by atoms with van der Waals surface area (Å²) in [6.07, 6.45) is 0.502. The number of ether oxygens (including phenoxy) is 1. The standard InChI is InChI=1S/C15H21N5O5/c1-5-10-12(14(21)25-6-2)11(17-15(22)16-10)7-19-9(4)13(20(23)24)8(3)18-19/h10H,5-7H2,1-4H3,(H2,16,17,22)/t10-/m0/s1. The molecule has 0 fully saturated rings. The smallest absolute Gasteiger partial charge is 0.337 e. The Morgan fingerprint density at radius 3 is 2.60 bits per heavy atom. The molecule has 0 unspecified atom stereocenters. The highest BCUT2D eigenvalue weighted by Crippen LogP contribution is 2.24. The van der Waals surface area contributed by atoms with Crippen molar-refractivity contribution in [3.05, 3.63) is 32.8 Å². The van der Waals surface area contributed by atoms with E-state index in [1.807, 2.05) is 6.92 Å². The molecule has 10 nitrogen and oxygen atoms in total. The Bertz CT molecular complexity index is 752. The number of aryl methyl sites for hydroxylation is 1. The van der Waals surface area contributed by atoms with Crippen molar-refractivity contribution in [3.8, 4) is 0 Å². The molecule has 1 aromatic rings. The molecule has 10 heteroatoms. The van der Waals surface area contributed by atoms with Gasteiger partial charge in [-0.2, -0.15) is 5.10 Å². The van der Waals surface area contributed by atoms with Crippen molar-refractivity contribution >= 4 is 17.7 Å². The van der Waals surface area contributed by atoms with Gasteiger partial charge in [-0.15, -0.1) is 0 Å². The van der Waals surface area contributed by atoms with Crippen LogP contribution in [0.3, 0.4) is 0 Å². The second-order valence-corrected chi connectivity index (χ2v) is 5.61. The number of allylic oxidation sites excluding steroid dienone is 1. The predicted molar refractivity (Wildman–Crippen MR) is 87.8 cm³/mol. The number of amides is 2. The molecule has 0 bridgehead atoms. The van der Waals surface area contributed by atoms with Crippen molar-refractivity contribution in [2.24, 2.45) is 0 Å². The number of hydrogen-bond acceptors (Lipinski definition) is 6. The van der Waals surface area contributed by atoms with Gasteiger partial charge in [0.25, 0.3) is 0 Å². The molecule has 136 valence electrons. The number of nitro groups is 1. The molecule has 2 N–H and O–H groups in total. The van der Waals surface area contributed by atoms with Gasteiger partial charge in [-0.1, -0.05) is 6.92 Å². The lowest BCUT2D eigenvalue weighted by atomic mass is 10.00. The first kappa shape index (κ1) is 18.4. The van der Waals surface area contributed by atoms with Gasteiger partial charge in [-0.3, -0.25) is 14.8 Å². The quantitative estimate of drug-likeness (QED) is 0.452. The molecular formula is C15H21N5O5. The summed E-state index contributed by atoms with van der Waals surface area (Å²) in [7, 11) is 0. The van der Waals surface area contributed by atoms with E-state index in [0.717, 1.165) is 0 Å². The Hall–Kier alpha value is -2.91. The van der Waals surface area contributed by atoms with E-state index >= 15 is 0 Å². The number of nitrogens with one attached hydrogen (secondary N) is 2. The van der Waals surface area contributed by atoms with E-state index in [4.69, 9.17) is 4.74 Å². The number of urea groups is 1.